The van der Waals surface area contributed by atoms with Crippen molar-refractivity contribution in [2.24, 2.45) is 0 Å². The van der Waals surface area contributed by atoms with E-state index in [0.29, 0.717) is 18.8 Å². The summed E-state index contributed by atoms with van der Waals surface area (Å²) in [5, 5.41) is 4.70. The maximum absolute atomic E-state index is 13.6. The van der Waals surface area contributed by atoms with Gasteiger partial charge in [-0.3, -0.25) is 9.59 Å². The van der Waals surface area contributed by atoms with Crippen molar-refractivity contribution in [1.82, 2.24) is 0 Å². The van der Waals surface area contributed by atoms with Crippen molar-refractivity contribution >= 4 is 23.2 Å². The van der Waals surface area contributed by atoms with Crippen LogP contribution in [0.5, 0.6) is 11.5 Å². The van der Waals surface area contributed by atoms with Gasteiger partial charge in [-0.2, -0.15) is 13.2 Å². The minimum atomic E-state index is -4.76. The molecule has 2 aromatic carbocycles. The largest absolute Gasteiger partial charge is 0.454 e. The quantitative estimate of drug-likeness (QED) is 0.783. The fourth-order valence-electron chi connectivity index (χ4n) is 3.27. The number of benzene rings is 2. The van der Waals surface area contributed by atoms with Crippen molar-refractivity contribution in [1.29, 1.82) is 0 Å². The van der Waals surface area contributed by atoms with E-state index in [2.05, 4.69) is 10.6 Å². The van der Waals surface area contributed by atoms with Crippen molar-refractivity contribution in [2.45, 2.75) is 25.1 Å². The van der Waals surface area contributed by atoms with Gasteiger partial charge in [-0.1, -0.05) is 6.07 Å². The molecular weight excluding hydrogens is 405 g/mol. The fraction of sp³-hybridized carbons (Fsp3) is 0.300. The Morgan fingerprint density at radius 3 is 2.63 bits per heavy atom. The molecule has 7 nitrogen and oxygen atoms in total. The molecule has 30 heavy (non-hydrogen) atoms. The van der Waals surface area contributed by atoms with Gasteiger partial charge in [0, 0.05) is 12.3 Å². The summed E-state index contributed by atoms with van der Waals surface area (Å²) in [4.78, 5) is 24.7. The van der Waals surface area contributed by atoms with Crippen molar-refractivity contribution < 1.29 is 37.0 Å². The van der Waals surface area contributed by atoms with Crippen LogP contribution < -0.4 is 20.1 Å². The lowest BCUT2D eigenvalue weighted by Crippen LogP contribution is -2.27. The molecule has 1 unspecified atom stereocenters. The molecule has 158 valence electrons. The summed E-state index contributed by atoms with van der Waals surface area (Å²) in [7, 11) is 0. The van der Waals surface area contributed by atoms with Crippen LogP contribution in [0.3, 0.4) is 0 Å². The van der Waals surface area contributed by atoms with E-state index in [1.807, 2.05) is 0 Å². The normalized spacial score (nSPS) is 17.6. The molecule has 2 N–H and O–H groups in total. The van der Waals surface area contributed by atoms with Crippen LogP contribution in [0.4, 0.5) is 24.5 Å². The van der Waals surface area contributed by atoms with Gasteiger partial charge >= 0.3 is 6.18 Å². The first-order valence-electron chi connectivity index (χ1n) is 9.16. The molecule has 0 aromatic heterocycles. The molecule has 0 bridgehead atoms. The van der Waals surface area contributed by atoms with E-state index in [0.717, 1.165) is 18.6 Å². The van der Waals surface area contributed by atoms with Crippen molar-refractivity contribution in [3.8, 4) is 11.5 Å². The summed E-state index contributed by atoms with van der Waals surface area (Å²) >= 11 is 0. The highest BCUT2D eigenvalue weighted by molar-refractivity contribution is 6.07. The zero-order valence-corrected chi connectivity index (χ0v) is 15.5. The Balaban J connectivity index is 1.57. The maximum atomic E-state index is 13.6. The number of ether oxygens (including phenoxy) is 3. The highest BCUT2D eigenvalue weighted by atomic mass is 19.4. The lowest BCUT2D eigenvalue weighted by atomic mass is 10.1. The predicted octanol–water partition coefficient (Wildman–Crippen LogP) is 3.80. The SMILES string of the molecule is O=C(Nc1ccc(NC(=O)C2CCCO2)cc1C(F)(F)F)c1cccc2c1OCO2. The highest BCUT2D eigenvalue weighted by Gasteiger charge is 2.35. The molecule has 2 aromatic rings. The van der Waals surface area contributed by atoms with Crippen LogP contribution in [0.25, 0.3) is 0 Å². The average Bonchev–Trinajstić information content (AvgIpc) is 3.39. The lowest BCUT2D eigenvalue weighted by molar-refractivity contribution is -0.137. The van der Waals surface area contributed by atoms with E-state index in [9.17, 15) is 22.8 Å². The Hall–Kier alpha value is -3.27. The summed E-state index contributed by atoms with van der Waals surface area (Å²) in [5.74, 6) is -0.775. The minimum absolute atomic E-state index is 0.0434. The molecule has 2 aliphatic rings. The first-order chi connectivity index (χ1) is 14.3. The van der Waals surface area contributed by atoms with Crippen molar-refractivity contribution in [3.05, 3.63) is 47.5 Å². The molecule has 0 aliphatic carbocycles. The zero-order valence-electron chi connectivity index (χ0n) is 15.5. The van der Waals surface area contributed by atoms with Crippen LogP contribution >= 0.6 is 0 Å². The molecule has 1 atom stereocenters. The van der Waals surface area contributed by atoms with Gasteiger partial charge in [-0.25, -0.2) is 0 Å². The van der Waals surface area contributed by atoms with Crippen molar-refractivity contribution in [3.63, 3.8) is 0 Å². The number of hydrogen-bond acceptors (Lipinski definition) is 5. The fourth-order valence-corrected chi connectivity index (χ4v) is 3.27. The second-order valence-corrected chi connectivity index (χ2v) is 6.74. The molecule has 2 heterocycles. The Kier molecular flexibility index (Phi) is 5.25. The Morgan fingerprint density at radius 2 is 1.90 bits per heavy atom. The van der Waals surface area contributed by atoms with E-state index in [4.69, 9.17) is 14.2 Å². The average molecular weight is 422 g/mol. The van der Waals surface area contributed by atoms with Crippen LogP contribution in [0.1, 0.15) is 28.8 Å². The summed E-state index contributed by atoms with van der Waals surface area (Å²) in [6, 6.07) is 7.70. The third kappa shape index (κ3) is 4.04. The predicted molar refractivity (Wildman–Crippen MR) is 99.6 cm³/mol. The summed E-state index contributed by atoms with van der Waals surface area (Å²) < 4.78 is 56.5. The molecular formula is C20H17F3N2O5. The van der Waals surface area contributed by atoms with Crippen LogP contribution in [0.2, 0.25) is 0 Å². The van der Waals surface area contributed by atoms with Gasteiger partial charge in [0.05, 0.1) is 16.8 Å². The van der Waals surface area contributed by atoms with E-state index < -0.39 is 35.3 Å². The smallest absolute Gasteiger partial charge is 0.418 e. The molecule has 0 saturated carbocycles. The van der Waals surface area contributed by atoms with Gasteiger partial charge in [-0.05, 0) is 43.2 Å². The van der Waals surface area contributed by atoms with Crippen LogP contribution in [0.15, 0.2) is 36.4 Å². The molecule has 10 heteroatoms. The number of rotatable bonds is 4. The monoisotopic (exact) mass is 422 g/mol. The first kappa shape index (κ1) is 20.0. The van der Waals surface area contributed by atoms with Gasteiger partial charge in [0.25, 0.3) is 11.8 Å². The summed E-state index contributed by atoms with van der Waals surface area (Å²) in [5.41, 5.74) is -1.53. The van der Waals surface area contributed by atoms with E-state index >= 15 is 0 Å². The number of fused-ring (bicyclic) bond motifs is 1. The van der Waals surface area contributed by atoms with Gasteiger partial charge in [-0.15, -0.1) is 0 Å². The number of carbonyl (C=O) groups excluding carboxylic acids is 2. The number of para-hydroxylation sites is 1. The molecule has 1 saturated heterocycles. The first-order valence-corrected chi connectivity index (χ1v) is 9.16. The Labute approximate surface area is 169 Å². The van der Waals surface area contributed by atoms with Crippen LogP contribution in [-0.4, -0.2) is 31.3 Å². The molecule has 1 fully saturated rings. The van der Waals surface area contributed by atoms with Gasteiger partial charge < -0.3 is 24.8 Å². The lowest BCUT2D eigenvalue weighted by Gasteiger charge is -2.17. The topological polar surface area (TPSA) is 85.9 Å². The third-order valence-corrected chi connectivity index (χ3v) is 4.70. The van der Waals surface area contributed by atoms with Crippen LogP contribution in [-0.2, 0) is 15.7 Å². The summed E-state index contributed by atoms with van der Waals surface area (Å²) in [6.45, 7) is 0.362. The second-order valence-electron chi connectivity index (χ2n) is 6.74. The van der Waals surface area contributed by atoms with Gasteiger partial charge in [0.2, 0.25) is 6.79 Å². The Bertz CT molecular complexity index is 987. The van der Waals surface area contributed by atoms with E-state index in [-0.39, 0.29) is 23.8 Å². The van der Waals surface area contributed by atoms with Crippen molar-refractivity contribution in [2.75, 3.05) is 24.0 Å². The molecule has 4 rings (SSSR count). The number of hydrogen-bond donors (Lipinski definition) is 2. The summed E-state index contributed by atoms with van der Waals surface area (Å²) in [6.07, 6.45) is -4.21. The molecule has 2 amide bonds. The third-order valence-electron chi connectivity index (χ3n) is 4.70. The standard InChI is InChI=1S/C20H17F3N2O5/c21-20(22,23)13-9-11(24-19(27)16-5-2-8-28-16)6-7-14(13)25-18(26)12-3-1-4-15-17(12)30-10-29-15/h1,3-4,6-7,9,16H,2,5,8,10H2,(H,24,27)(H,25,26). The van der Waals surface area contributed by atoms with Gasteiger partial charge in [0.1, 0.15) is 6.10 Å². The molecule has 0 spiro atoms. The number of halogens is 3. The maximum Gasteiger partial charge on any atom is 0.418 e. The number of amides is 2. The van der Waals surface area contributed by atoms with E-state index in [1.165, 1.54) is 18.2 Å². The Morgan fingerprint density at radius 1 is 1.07 bits per heavy atom. The highest BCUT2D eigenvalue weighted by Crippen LogP contribution is 2.39. The van der Waals surface area contributed by atoms with Gasteiger partial charge in [0.15, 0.2) is 11.5 Å². The number of carbonyl (C=O) groups is 2. The second kappa shape index (κ2) is 7.86. The van der Waals surface area contributed by atoms with Crippen LogP contribution in [0, 0.1) is 0 Å². The zero-order chi connectivity index (χ0) is 21.3. The molecule has 2 aliphatic heterocycles. The number of alkyl halides is 3. The van der Waals surface area contributed by atoms with E-state index in [1.54, 1.807) is 6.07 Å². The minimum Gasteiger partial charge on any atom is -0.454 e. The number of nitrogens with one attached hydrogen (secondary N) is 2. The molecule has 0 radical (unpaired) electrons. The number of anilines is 2.